The van der Waals surface area contributed by atoms with E-state index in [2.05, 4.69) is 20.4 Å². The standard InChI is InChI=1S/C21H19F4N5O2/c1-9(18(31)27-20-28-19(29-30-20)21(23,24)25)17-12-7-11(8-13(12)17)32-16-4-5-26-15-3-2-10(22)6-14(15)16/h2-6,9,11-13,17H,7-8H2,1H3,(H2,27,28,29,30,31)/t9?,11?,12-,13+,17?. The molecule has 2 aliphatic carbocycles. The van der Waals surface area contributed by atoms with Crippen LogP contribution in [0.1, 0.15) is 25.6 Å². The number of aromatic nitrogens is 4. The second-order valence-corrected chi connectivity index (χ2v) is 8.37. The molecule has 3 unspecified atom stereocenters. The lowest BCUT2D eigenvalue weighted by Gasteiger charge is -2.20. The van der Waals surface area contributed by atoms with E-state index in [0.29, 0.717) is 28.5 Å². The fraction of sp³-hybridized carbons (Fsp3) is 0.429. The number of anilines is 1. The molecule has 2 aliphatic rings. The summed E-state index contributed by atoms with van der Waals surface area (Å²) in [5, 5.41) is 8.15. The maximum atomic E-state index is 13.6. The Balaban J connectivity index is 1.18. The number of halogens is 4. The molecule has 0 bridgehead atoms. The molecule has 168 valence electrons. The third-order valence-electron chi connectivity index (χ3n) is 6.41. The van der Waals surface area contributed by atoms with Crippen LogP contribution in [0.2, 0.25) is 0 Å². The van der Waals surface area contributed by atoms with E-state index < -0.39 is 29.8 Å². The predicted octanol–water partition coefficient (Wildman–Crippen LogP) is 4.19. The molecule has 3 aromatic rings. The number of rotatable bonds is 5. The highest BCUT2D eigenvalue weighted by molar-refractivity contribution is 5.91. The Hall–Kier alpha value is -3.24. The molecule has 2 saturated carbocycles. The van der Waals surface area contributed by atoms with Gasteiger partial charge in [0.1, 0.15) is 11.6 Å². The van der Waals surface area contributed by atoms with Gasteiger partial charge in [-0.2, -0.15) is 18.2 Å². The maximum absolute atomic E-state index is 13.6. The minimum absolute atomic E-state index is 0.0484. The van der Waals surface area contributed by atoms with Crippen molar-refractivity contribution in [1.82, 2.24) is 20.2 Å². The summed E-state index contributed by atoms with van der Waals surface area (Å²) in [6.45, 7) is 1.75. The molecule has 0 aliphatic heterocycles. The van der Waals surface area contributed by atoms with Gasteiger partial charge in [0, 0.05) is 17.5 Å². The minimum atomic E-state index is -4.66. The lowest BCUT2D eigenvalue weighted by atomic mass is 9.97. The maximum Gasteiger partial charge on any atom is 0.451 e. The van der Waals surface area contributed by atoms with Crippen LogP contribution in [0.25, 0.3) is 10.9 Å². The molecule has 5 rings (SSSR count). The van der Waals surface area contributed by atoms with E-state index in [1.165, 1.54) is 12.1 Å². The molecule has 7 nitrogen and oxygen atoms in total. The van der Waals surface area contributed by atoms with Gasteiger partial charge in [0.25, 0.3) is 0 Å². The quantitative estimate of drug-likeness (QED) is 0.570. The monoisotopic (exact) mass is 449 g/mol. The van der Waals surface area contributed by atoms with Gasteiger partial charge < -0.3 is 4.74 Å². The molecule has 2 aromatic heterocycles. The zero-order valence-corrected chi connectivity index (χ0v) is 16.9. The summed E-state index contributed by atoms with van der Waals surface area (Å²) in [5.74, 6) is -1.52. The Morgan fingerprint density at radius 3 is 2.69 bits per heavy atom. The number of carbonyl (C=O) groups excluding carboxylic acids is 1. The number of nitrogens with one attached hydrogen (secondary N) is 2. The van der Waals surface area contributed by atoms with Crippen molar-refractivity contribution in [3.8, 4) is 5.75 Å². The molecular weight excluding hydrogens is 430 g/mol. The van der Waals surface area contributed by atoms with Crippen molar-refractivity contribution in [2.75, 3.05) is 5.32 Å². The van der Waals surface area contributed by atoms with Crippen molar-refractivity contribution in [2.24, 2.45) is 23.7 Å². The van der Waals surface area contributed by atoms with Crippen molar-refractivity contribution < 1.29 is 27.1 Å². The molecule has 2 fully saturated rings. The third-order valence-corrected chi connectivity index (χ3v) is 6.41. The molecule has 2 heterocycles. The van der Waals surface area contributed by atoms with Gasteiger partial charge in [-0.05, 0) is 54.9 Å². The zero-order valence-electron chi connectivity index (χ0n) is 16.9. The number of H-pyrrole nitrogens is 1. The SMILES string of the molecule is CC(C(=O)Nc1n[nH]c(C(F)(F)F)n1)C1[C@H]2CC(Oc3ccnc4ccc(F)cc34)C[C@@H]12. The van der Waals surface area contributed by atoms with E-state index in [-0.39, 0.29) is 17.8 Å². The van der Waals surface area contributed by atoms with Crippen LogP contribution < -0.4 is 10.1 Å². The summed E-state index contributed by atoms with van der Waals surface area (Å²) in [6.07, 6.45) is -1.58. The molecule has 2 N–H and O–H groups in total. The van der Waals surface area contributed by atoms with Crippen molar-refractivity contribution in [3.05, 3.63) is 42.1 Å². The number of hydrogen-bond donors (Lipinski definition) is 2. The summed E-state index contributed by atoms with van der Waals surface area (Å²) in [6, 6.07) is 6.07. The normalized spacial score (nSPS) is 25.4. The van der Waals surface area contributed by atoms with Crippen molar-refractivity contribution in [2.45, 2.75) is 32.0 Å². The first-order valence-corrected chi connectivity index (χ1v) is 10.2. The van der Waals surface area contributed by atoms with E-state index in [9.17, 15) is 22.4 Å². The summed E-state index contributed by atoms with van der Waals surface area (Å²) in [7, 11) is 0. The van der Waals surface area contributed by atoms with Gasteiger partial charge in [0.2, 0.25) is 17.7 Å². The Morgan fingerprint density at radius 1 is 1.25 bits per heavy atom. The van der Waals surface area contributed by atoms with Crippen LogP contribution in [0.5, 0.6) is 5.75 Å². The van der Waals surface area contributed by atoms with Gasteiger partial charge in [0.15, 0.2) is 0 Å². The number of alkyl halides is 3. The first kappa shape index (κ1) is 20.7. The van der Waals surface area contributed by atoms with E-state index in [0.717, 1.165) is 12.8 Å². The largest absolute Gasteiger partial charge is 0.490 e. The van der Waals surface area contributed by atoms with Gasteiger partial charge >= 0.3 is 6.18 Å². The molecule has 1 amide bonds. The predicted molar refractivity (Wildman–Crippen MR) is 105 cm³/mol. The zero-order chi connectivity index (χ0) is 22.6. The molecule has 0 saturated heterocycles. The van der Waals surface area contributed by atoms with Crippen LogP contribution in [-0.2, 0) is 11.0 Å². The fourth-order valence-corrected chi connectivity index (χ4v) is 4.90. The van der Waals surface area contributed by atoms with Crippen molar-refractivity contribution in [1.29, 1.82) is 0 Å². The molecule has 0 radical (unpaired) electrons. The van der Waals surface area contributed by atoms with Crippen LogP contribution in [0.4, 0.5) is 23.5 Å². The molecule has 0 spiro atoms. The van der Waals surface area contributed by atoms with Crippen LogP contribution in [0, 0.1) is 29.5 Å². The Bertz CT molecular complexity index is 1170. The van der Waals surface area contributed by atoms with Crippen LogP contribution in [-0.4, -0.2) is 32.2 Å². The average Bonchev–Trinajstić information content (AvgIpc) is 3.08. The fourth-order valence-electron chi connectivity index (χ4n) is 4.90. The van der Waals surface area contributed by atoms with Crippen LogP contribution >= 0.6 is 0 Å². The van der Waals surface area contributed by atoms with Gasteiger partial charge in [0.05, 0.1) is 11.6 Å². The first-order chi connectivity index (χ1) is 15.2. The highest BCUT2D eigenvalue weighted by Crippen LogP contribution is 2.61. The van der Waals surface area contributed by atoms with Crippen molar-refractivity contribution in [3.63, 3.8) is 0 Å². The smallest absolute Gasteiger partial charge is 0.451 e. The van der Waals surface area contributed by atoms with Crippen LogP contribution in [0.3, 0.4) is 0 Å². The third kappa shape index (κ3) is 3.76. The Labute approximate surface area is 179 Å². The van der Waals surface area contributed by atoms with Gasteiger partial charge in [-0.25, -0.2) is 4.39 Å². The first-order valence-electron chi connectivity index (χ1n) is 10.2. The average molecular weight is 449 g/mol. The number of hydrogen-bond acceptors (Lipinski definition) is 5. The highest BCUT2D eigenvalue weighted by Gasteiger charge is 2.59. The number of benzene rings is 1. The number of fused-ring (bicyclic) bond motifs is 2. The molecule has 32 heavy (non-hydrogen) atoms. The van der Waals surface area contributed by atoms with E-state index >= 15 is 0 Å². The number of amides is 1. The molecule has 11 heteroatoms. The number of carbonyl (C=O) groups is 1. The summed E-state index contributed by atoms with van der Waals surface area (Å²) in [4.78, 5) is 20.0. The second-order valence-electron chi connectivity index (χ2n) is 8.37. The second kappa shape index (κ2) is 7.42. The number of nitrogens with zero attached hydrogens (tertiary/aromatic N) is 3. The van der Waals surface area contributed by atoms with Gasteiger partial charge in [-0.3, -0.25) is 20.2 Å². The number of aromatic amines is 1. The Morgan fingerprint density at radius 2 is 2.00 bits per heavy atom. The van der Waals surface area contributed by atoms with Gasteiger partial charge in [-0.15, -0.1) is 5.10 Å². The lowest BCUT2D eigenvalue weighted by Crippen LogP contribution is -2.26. The van der Waals surface area contributed by atoms with Crippen LogP contribution in [0.15, 0.2) is 30.5 Å². The highest BCUT2D eigenvalue weighted by atomic mass is 19.4. The van der Waals surface area contributed by atoms with Crippen molar-refractivity contribution >= 4 is 22.8 Å². The molecule has 5 atom stereocenters. The number of ether oxygens (including phenoxy) is 1. The summed E-state index contributed by atoms with van der Waals surface area (Å²) < 4.78 is 57.6. The van der Waals surface area contributed by atoms with Gasteiger partial charge in [-0.1, -0.05) is 6.92 Å². The Kier molecular flexibility index (Phi) is 4.79. The van der Waals surface area contributed by atoms with E-state index in [4.69, 9.17) is 4.74 Å². The summed E-state index contributed by atoms with van der Waals surface area (Å²) >= 11 is 0. The lowest BCUT2D eigenvalue weighted by molar-refractivity contribution is -0.144. The minimum Gasteiger partial charge on any atom is -0.490 e. The number of pyridine rings is 1. The molecule has 1 aromatic carbocycles. The topological polar surface area (TPSA) is 92.8 Å². The summed E-state index contributed by atoms with van der Waals surface area (Å²) in [5.41, 5.74) is 0.649. The molecular formula is C21H19F4N5O2. The van der Waals surface area contributed by atoms with E-state index in [1.54, 1.807) is 30.4 Å². The van der Waals surface area contributed by atoms with E-state index in [1.807, 2.05) is 0 Å².